The average Bonchev–Trinajstić information content (AvgIpc) is 3.12. The van der Waals surface area contributed by atoms with Crippen LogP contribution in [0.3, 0.4) is 0 Å². The Morgan fingerprint density at radius 1 is 1.44 bits per heavy atom. The first-order valence-electron chi connectivity index (χ1n) is 6.00. The van der Waals surface area contributed by atoms with Crippen LogP contribution in [-0.2, 0) is 15.8 Å². The Hall–Kier alpha value is -1.38. The zero-order valence-corrected chi connectivity index (χ0v) is 11.1. The molecule has 0 saturated heterocycles. The van der Waals surface area contributed by atoms with E-state index in [1.807, 2.05) is 13.0 Å². The molecule has 0 aromatic heterocycles. The fourth-order valence-electron chi connectivity index (χ4n) is 1.98. The van der Waals surface area contributed by atoms with Gasteiger partial charge in [0.05, 0.1) is 17.4 Å². The molecule has 0 bridgehead atoms. The van der Waals surface area contributed by atoms with Crippen molar-refractivity contribution < 1.29 is 8.42 Å². The monoisotopic (exact) mass is 264 g/mol. The van der Waals surface area contributed by atoms with Crippen LogP contribution in [-0.4, -0.2) is 14.5 Å². The molecule has 0 aliphatic heterocycles. The van der Waals surface area contributed by atoms with Gasteiger partial charge < -0.3 is 0 Å². The summed E-state index contributed by atoms with van der Waals surface area (Å²) in [5.74, 6) is 0.347. The minimum absolute atomic E-state index is 0.00996. The van der Waals surface area contributed by atoms with Gasteiger partial charge in [0.15, 0.2) is 0 Å². The predicted molar refractivity (Wildman–Crippen MR) is 69.1 cm³/mol. The number of hydrogen-bond acceptors (Lipinski definition) is 3. The number of nitrogens with one attached hydrogen (secondary N) is 1. The molecule has 2 rings (SSSR count). The highest BCUT2D eigenvalue weighted by Gasteiger charge is 2.30. The van der Waals surface area contributed by atoms with Crippen molar-refractivity contribution in [2.75, 3.05) is 0 Å². The van der Waals surface area contributed by atoms with Gasteiger partial charge in [-0.2, -0.15) is 5.26 Å². The van der Waals surface area contributed by atoms with Crippen molar-refractivity contribution >= 4 is 10.0 Å². The molecule has 0 heterocycles. The Morgan fingerprint density at radius 3 is 2.72 bits per heavy atom. The lowest BCUT2D eigenvalue weighted by atomic mass is 10.1. The van der Waals surface area contributed by atoms with E-state index in [1.54, 1.807) is 24.3 Å². The van der Waals surface area contributed by atoms with E-state index in [4.69, 9.17) is 5.26 Å². The number of nitrogens with zero attached hydrogens (tertiary/aromatic N) is 1. The lowest BCUT2D eigenvalue weighted by Crippen LogP contribution is -2.35. The maximum absolute atomic E-state index is 12.0. The highest BCUT2D eigenvalue weighted by Crippen LogP contribution is 2.32. The van der Waals surface area contributed by atoms with E-state index in [2.05, 4.69) is 4.72 Å². The van der Waals surface area contributed by atoms with Gasteiger partial charge in [0.1, 0.15) is 0 Å². The van der Waals surface area contributed by atoms with Gasteiger partial charge in [0.25, 0.3) is 0 Å². The Morgan fingerprint density at radius 2 is 2.11 bits per heavy atom. The summed E-state index contributed by atoms with van der Waals surface area (Å²) < 4.78 is 26.7. The molecule has 1 aromatic rings. The number of rotatable bonds is 5. The average molecular weight is 264 g/mol. The van der Waals surface area contributed by atoms with Crippen molar-refractivity contribution in [1.29, 1.82) is 5.26 Å². The van der Waals surface area contributed by atoms with Gasteiger partial charge in [0, 0.05) is 6.04 Å². The first-order valence-corrected chi connectivity index (χ1v) is 7.65. The van der Waals surface area contributed by atoms with Crippen LogP contribution in [0.15, 0.2) is 24.3 Å². The third-order valence-corrected chi connectivity index (χ3v) is 4.60. The van der Waals surface area contributed by atoms with Crippen LogP contribution < -0.4 is 4.72 Å². The van der Waals surface area contributed by atoms with Gasteiger partial charge >= 0.3 is 0 Å². The highest BCUT2D eigenvalue weighted by atomic mass is 32.2. The Balaban J connectivity index is 2.09. The normalized spacial score (nSPS) is 17.1. The van der Waals surface area contributed by atoms with Crippen LogP contribution in [0.4, 0.5) is 0 Å². The first kappa shape index (κ1) is 13.1. The maximum Gasteiger partial charge on any atom is 0.216 e. The number of nitriles is 1. The molecule has 0 spiro atoms. The Labute approximate surface area is 108 Å². The summed E-state index contributed by atoms with van der Waals surface area (Å²) in [6.45, 7) is 1.89. The number of benzene rings is 1. The third kappa shape index (κ3) is 3.31. The molecule has 0 amide bonds. The van der Waals surface area contributed by atoms with Gasteiger partial charge in [-0.05, 0) is 37.3 Å². The van der Waals surface area contributed by atoms with Crippen LogP contribution in [0, 0.1) is 17.2 Å². The molecular weight excluding hydrogens is 248 g/mol. The van der Waals surface area contributed by atoms with Crippen LogP contribution in [0.2, 0.25) is 0 Å². The van der Waals surface area contributed by atoms with Crippen molar-refractivity contribution in [3.63, 3.8) is 0 Å². The molecule has 4 nitrogen and oxygen atoms in total. The zero-order chi connectivity index (χ0) is 13.2. The van der Waals surface area contributed by atoms with Gasteiger partial charge in [-0.25, -0.2) is 13.1 Å². The number of hydrogen-bond donors (Lipinski definition) is 1. The van der Waals surface area contributed by atoms with Crippen LogP contribution in [0.5, 0.6) is 0 Å². The van der Waals surface area contributed by atoms with Crippen molar-refractivity contribution in [3.05, 3.63) is 35.4 Å². The van der Waals surface area contributed by atoms with E-state index < -0.39 is 10.0 Å². The molecule has 96 valence electrons. The molecule has 0 radical (unpaired) electrons. The van der Waals surface area contributed by atoms with E-state index in [1.165, 1.54) is 0 Å². The first-order chi connectivity index (χ1) is 8.52. The lowest BCUT2D eigenvalue weighted by Gasteiger charge is -2.13. The minimum Gasteiger partial charge on any atom is -0.212 e. The van der Waals surface area contributed by atoms with Crippen LogP contribution >= 0.6 is 0 Å². The topological polar surface area (TPSA) is 70.0 Å². The molecule has 1 unspecified atom stereocenters. The van der Waals surface area contributed by atoms with Crippen molar-refractivity contribution in [2.45, 2.75) is 31.6 Å². The Bertz CT molecular complexity index is 571. The Kier molecular flexibility index (Phi) is 3.69. The smallest absolute Gasteiger partial charge is 0.212 e. The third-order valence-electron chi connectivity index (χ3n) is 3.18. The van der Waals surface area contributed by atoms with E-state index in [0.717, 1.165) is 12.8 Å². The SMILES string of the molecule is CC(NS(=O)(=O)Cc1ccccc1C#N)C1CC1. The van der Waals surface area contributed by atoms with E-state index in [9.17, 15) is 8.42 Å². The van der Waals surface area contributed by atoms with Gasteiger partial charge in [-0.3, -0.25) is 0 Å². The minimum atomic E-state index is -3.37. The van der Waals surface area contributed by atoms with Crippen LogP contribution in [0.25, 0.3) is 0 Å². The fourth-order valence-corrected chi connectivity index (χ4v) is 3.48. The predicted octanol–water partition coefficient (Wildman–Crippen LogP) is 1.78. The molecular formula is C13H16N2O2S. The standard InChI is InChI=1S/C13H16N2O2S/c1-10(11-6-7-11)15-18(16,17)9-13-5-3-2-4-12(13)8-14/h2-5,10-11,15H,6-7,9H2,1H3. The molecule has 1 saturated carbocycles. The molecule has 1 atom stereocenters. The van der Waals surface area contributed by atoms with E-state index in [0.29, 0.717) is 17.0 Å². The summed E-state index contributed by atoms with van der Waals surface area (Å²) in [5.41, 5.74) is 0.970. The molecule has 1 N–H and O–H groups in total. The van der Waals surface area contributed by atoms with Gasteiger partial charge in [-0.1, -0.05) is 18.2 Å². The highest BCUT2D eigenvalue weighted by molar-refractivity contribution is 7.88. The summed E-state index contributed by atoms with van der Waals surface area (Å²) >= 11 is 0. The zero-order valence-electron chi connectivity index (χ0n) is 10.3. The second-order valence-corrected chi connectivity index (χ2v) is 6.53. The quantitative estimate of drug-likeness (QED) is 0.881. The summed E-state index contributed by atoms with van der Waals surface area (Å²) in [6.07, 6.45) is 2.19. The van der Waals surface area contributed by atoms with E-state index in [-0.39, 0.29) is 11.8 Å². The second-order valence-electron chi connectivity index (χ2n) is 4.77. The largest absolute Gasteiger partial charge is 0.216 e. The van der Waals surface area contributed by atoms with Crippen LogP contribution in [0.1, 0.15) is 30.9 Å². The van der Waals surface area contributed by atoms with Gasteiger partial charge in [-0.15, -0.1) is 0 Å². The maximum atomic E-state index is 12.0. The number of sulfonamides is 1. The summed E-state index contributed by atoms with van der Waals surface area (Å²) in [4.78, 5) is 0. The summed E-state index contributed by atoms with van der Waals surface area (Å²) in [6, 6.07) is 8.80. The molecule has 1 aromatic carbocycles. The molecule has 1 aliphatic rings. The second kappa shape index (κ2) is 5.09. The van der Waals surface area contributed by atoms with Gasteiger partial charge in [0.2, 0.25) is 10.0 Å². The summed E-state index contributed by atoms with van der Waals surface area (Å²) in [5, 5.41) is 8.93. The van der Waals surface area contributed by atoms with Crippen molar-refractivity contribution in [1.82, 2.24) is 4.72 Å². The molecule has 18 heavy (non-hydrogen) atoms. The van der Waals surface area contributed by atoms with E-state index >= 15 is 0 Å². The molecule has 1 aliphatic carbocycles. The van der Waals surface area contributed by atoms with Crippen molar-refractivity contribution in [3.8, 4) is 6.07 Å². The summed E-state index contributed by atoms with van der Waals surface area (Å²) in [7, 11) is -3.37. The van der Waals surface area contributed by atoms with Crippen molar-refractivity contribution in [2.24, 2.45) is 5.92 Å². The lowest BCUT2D eigenvalue weighted by molar-refractivity contribution is 0.537. The molecule has 5 heteroatoms. The molecule has 1 fully saturated rings. The fraction of sp³-hybridized carbons (Fsp3) is 0.462.